The molecule has 0 radical (unpaired) electrons. The minimum Gasteiger partial charge on any atom is -0.348 e. The predicted molar refractivity (Wildman–Crippen MR) is 75.4 cm³/mol. The number of nitrogens with one attached hydrogen (secondary N) is 3. The largest absolute Gasteiger partial charge is 0.348 e. The van der Waals surface area contributed by atoms with Gasteiger partial charge in [-0.25, -0.2) is 0 Å². The van der Waals surface area contributed by atoms with Crippen molar-refractivity contribution in [1.82, 2.24) is 5.32 Å². The molecule has 0 saturated carbocycles. The number of benzene rings is 1. The van der Waals surface area contributed by atoms with Gasteiger partial charge in [-0.2, -0.15) is 0 Å². The van der Waals surface area contributed by atoms with Crippen molar-refractivity contribution in [2.45, 2.75) is 6.42 Å². The summed E-state index contributed by atoms with van der Waals surface area (Å²) in [4.78, 5) is 24.4. The van der Waals surface area contributed by atoms with Gasteiger partial charge in [-0.1, -0.05) is 17.7 Å². The van der Waals surface area contributed by atoms with Gasteiger partial charge in [0, 0.05) is 23.7 Å². The SMILES string of the molecule is C[NH+](C)CCCNC(=O)C(=O)Nc1cccc(Cl)c1. The molecule has 1 rings (SSSR count). The van der Waals surface area contributed by atoms with E-state index in [0.29, 0.717) is 17.3 Å². The lowest BCUT2D eigenvalue weighted by molar-refractivity contribution is -0.858. The zero-order chi connectivity index (χ0) is 14.3. The van der Waals surface area contributed by atoms with Crippen molar-refractivity contribution >= 4 is 29.1 Å². The van der Waals surface area contributed by atoms with Crippen LogP contribution >= 0.6 is 11.6 Å². The van der Waals surface area contributed by atoms with E-state index in [2.05, 4.69) is 10.6 Å². The zero-order valence-electron chi connectivity index (χ0n) is 11.1. The highest BCUT2D eigenvalue weighted by Crippen LogP contribution is 2.14. The summed E-state index contributed by atoms with van der Waals surface area (Å²) in [6.07, 6.45) is 0.832. The van der Waals surface area contributed by atoms with Crippen LogP contribution in [0.4, 0.5) is 5.69 Å². The number of carbonyl (C=O) groups is 2. The first-order chi connectivity index (χ1) is 8.99. The zero-order valence-corrected chi connectivity index (χ0v) is 11.9. The summed E-state index contributed by atoms with van der Waals surface area (Å²) < 4.78 is 0. The van der Waals surface area contributed by atoms with Gasteiger partial charge in [0.1, 0.15) is 0 Å². The monoisotopic (exact) mass is 284 g/mol. The Labute approximate surface area is 117 Å². The quantitative estimate of drug-likeness (QED) is 0.524. The van der Waals surface area contributed by atoms with Crippen LogP contribution in [-0.2, 0) is 9.59 Å². The molecule has 6 heteroatoms. The Balaban J connectivity index is 2.35. The maximum atomic E-state index is 11.6. The van der Waals surface area contributed by atoms with Crippen LogP contribution in [0.3, 0.4) is 0 Å². The molecule has 0 aliphatic carbocycles. The first-order valence-electron chi connectivity index (χ1n) is 6.13. The molecule has 0 heterocycles. The molecule has 19 heavy (non-hydrogen) atoms. The standard InChI is InChI=1S/C13H18ClN3O2/c1-17(2)8-4-7-15-12(18)13(19)16-11-6-3-5-10(14)9-11/h3,5-6,9H,4,7-8H2,1-2H3,(H,15,18)(H,16,19)/p+1. The molecule has 2 amide bonds. The summed E-state index contributed by atoms with van der Waals surface area (Å²) in [7, 11) is 4.07. The summed E-state index contributed by atoms with van der Waals surface area (Å²) >= 11 is 5.79. The minimum atomic E-state index is -0.681. The van der Waals surface area contributed by atoms with Crippen LogP contribution < -0.4 is 15.5 Å². The van der Waals surface area contributed by atoms with E-state index >= 15 is 0 Å². The number of rotatable bonds is 5. The highest BCUT2D eigenvalue weighted by Gasteiger charge is 2.13. The van der Waals surface area contributed by atoms with E-state index in [9.17, 15) is 9.59 Å². The highest BCUT2D eigenvalue weighted by molar-refractivity contribution is 6.39. The van der Waals surface area contributed by atoms with Gasteiger partial charge in [0.25, 0.3) is 0 Å². The summed E-state index contributed by atoms with van der Waals surface area (Å²) in [5.74, 6) is -1.31. The van der Waals surface area contributed by atoms with Crippen molar-refractivity contribution in [1.29, 1.82) is 0 Å². The topological polar surface area (TPSA) is 62.6 Å². The molecule has 1 aromatic carbocycles. The van der Waals surface area contributed by atoms with Crippen LogP contribution in [0.15, 0.2) is 24.3 Å². The van der Waals surface area contributed by atoms with E-state index < -0.39 is 11.8 Å². The molecule has 0 unspecified atom stereocenters. The fraction of sp³-hybridized carbons (Fsp3) is 0.385. The van der Waals surface area contributed by atoms with Crippen LogP contribution in [-0.4, -0.2) is 39.0 Å². The van der Waals surface area contributed by atoms with Crippen LogP contribution in [0.5, 0.6) is 0 Å². The van der Waals surface area contributed by atoms with Gasteiger partial charge in [-0.05, 0) is 18.2 Å². The predicted octanol–water partition coefficient (Wildman–Crippen LogP) is -0.0707. The Hall–Kier alpha value is -1.59. The van der Waals surface area contributed by atoms with Crippen molar-refractivity contribution in [3.8, 4) is 0 Å². The lowest BCUT2D eigenvalue weighted by atomic mass is 10.3. The van der Waals surface area contributed by atoms with Gasteiger partial charge in [-0.15, -0.1) is 0 Å². The second-order valence-corrected chi connectivity index (χ2v) is 4.97. The highest BCUT2D eigenvalue weighted by atomic mass is 35.5. The molecule has 0 aliphatic rings. The summed E-state index contributed by atoms with van der Waals surface area (Å²) in [6.45, 7) is 1.43. The lowest BCUT2D eigenvalue weighted by Crippen LogP contribution is -3.05. The van der Waals surface area contributed by atoms with Crippen LogP contribution in [0.2, 0.25) is 5.02 Å². The van der Waals surface area contributed by atoms with E-state index in [1.807, 2.05) is 14.1 Å². The van der Waals surface area contributed by atoms with Gasteiger partial charge < -0.3 is 15.5 Å². The molecule has 0 bridgehead atoms. The van der Waals surface area contributed by atoms with Crippen molar-refractivity contribution < 1.29 is 14.5 Å². The van der Waals surface area contributed by atoms with Gasteiger partial charge in [-0.3, -0.25) is 9.59 Å². The fourth-order valence-electron chi connectivity index (χ4n) is 1.48. The molecule has 0 aromatic heterocycles. The van der Waals surface area contributed by atoms with E-state index in [1.54, 1.807) is 24.3 Å². The van der Waals surface area contributed by atoms with E-state index in [-0.39, 0.29) is 0 Å². The van der Waals surface area contributed by atoms with Gasteiger partial charge >= 0.3 is 11.8 Å². The van der Waals surface area contributed by atoms with Crippen molar-refractivity contribution in [2.24, 2.45) is 0 Å². The third-order valence-corrected chi connectivity index (χ3v) is 2.66. The van der Waals surface area contributed by atoms with Crippen molar-refractivity contribution in [3.63, 3.8) is 0 Å². The molecular formula is C13H19ClN3O2+. The Morgan fingerprint density at radius 1 is 1.26 bits per heavy atom. The van der Waals surface area contributed by atoms with E-state index in [4.69, 9.17) is 11.6 Å². The molecule has 5 nitrogen and oxygen atoms in total. The second kappa shape index (κ2) is 7.76. The van der Waals surface area contributed by atoms with Gasteiger partial charge in [0.05, 0.1) is 20.6 Å². The third-order valence-electron chi connectivity index (χ3n) is 2.43. The number of halogens is 1. The van der Waals surface area contributed by atoms with Crippen molar-refractivity contribution in [3.05, 3.63) is 29.3 Å². The fourth-order valence-corrected chi connectivity index (χ4v) is 1.67. The lowest BCUT2D eigenvalue weighted by Gasteiger charge is -2.08. The second-order valence-electron chi connectivity index (χ2n) is 4.53. The summed E-state index contributed by atoms with van der Waals surface area (Å²) in [6, 6.07) is 6.66. The molecule has 0 saturated heterocycles. The molecule has 0 aliphatic heterocycles. The number of carbonyl (C=O) groups excluding carboxylic acids is 2. The average Bonchev–Trinajstić information content (AvgIpc) is 2.34. The molecular weight excluding hydrogens is 266 g/mol. The third kappa shape index (κ3) is 6.22. The molecule has 0 spiro atoms. The first-order valence-corrected chi connectivity index (χ1v) is 6.50. The first kappa shape index (κ1) is 15.5. The number of quaternary nitrogens is 1. The number of anilines is 1. The number of hydrogen-bond acceptors (Lipinski definition) is 2. The van der Waals surface area contributed by atoms with E-state index in [1.165, 1.54) is 4.90 Å². The normalized spacial score (nSPS) is 10.3. The average molecular weight is 285 g/mol. The Bertz CT molecular complexity index is 449. The van der Waals surface area contributed by atoms with E-state index in [0.717, 1.165) is 13.0 Å². The Morgan fingerprint density at radius 2 is 2.00 bits per heavy atom. The molecule has 104 valence electrons. The molecule has 0 atom stereocenters. The van der Waals surface area contributed by atoms with Gasteiger partial charge in [0.15, 0.2) is 0 Å². The summed E-state index contributed by atoms with van der Waals surface area (Å²) in [5, 5.41) is 5.57. The summed E-state index contributed by atoms with van der Waals surface area (Å²) in [5.41, 5.74) is 0.505. The van der Waals surface area contributed by atoms with Crippen LogP contribution in [0.25, 0.3) is 0 Å². The smallest absolute Gasteiger partial charge is 0.313 e. The molecule has 0 fully saturated rings. The van der Waals surface area contributed by atoms with Crippen LogP contribution in [0.1, 0.15) is 6.42 Å². The number of hydrogen-bond donors (Lipinski definition) is 3. The minimum absolute atomic E-state index is 0.493. The maximum Gasteiger partial charge on any atom is 0.313 e. The van der Waals surface area contributed by atoms with Crippen LogP contribution in [0, 0.1) is 0 Å². The van der Waals surface area contributed by atoms with Crippen molar-refractivity contribution in [2.75, 3.05) is 32.5 Å². The molecule has 1 aromatic rings. The Kier molecular flexibility index (Phi) is 6.32. The van der Waals surface area contributed by atoms with Gasteiger partial charge in [0.2, 0.25) is 0 Å². The maximum absolute atomic E-state index is 11.6. The Morgan fingerprint density at radius 3 is 2.63 bits per heavy atom. The molecule has 3 N–H and O–H groups in total. The number of amides is 2.